The van der Waals surface area contributed by atoms with Gasteiger partial charge in [-0.2, -0.15) is 5.10 Å². The van der Waals surface area contributed by atoms with Crippen LogP contribution in [0.4, 0.5) is 4.79 Å². The van der Waals surface area contributed by atoms with Crippen molar-refractivity contribution in [2.75, 3.05) is 6.54 Å². The fourth-order valence-corrected chi connectivity index (χ4v) is 2.61. The summed E-state index contributed by atoms with van der Waals surface area (Å²) in [4.78, 5) is 15.8. The highest BCUT2D eigenvalue weighted by Crippen LogP contribution is 2.16. The number of aromatic nitrogens is 3. The summed E-state index contributed by atoms with van der Waals surface area (Å²) in [7, 11) is 1.80. The van der Waals surface area contributed by atoms with Crippen LogP contribution in [0.1, 0.15) is 28.1 Å². The monoisotopic (exact) mass is 301 g/mol. The van der Waals surface area contributed by atoms with E-state index in [0.29, 0.717) is 13.1 Å². The quantitative estimate of drug-likeness (QED) is 0.884. The normalized spacial score (nSPS) is 10.5. The van der Waals surface area contributed by atoms with E-state index in [1.807, 2.05) is 0 Å². The zero-order valence-corrected chi connectivity index (χ0v) is 13.6. The summed E-state index contributed by atoms with van der Waals surface area (Å²) in [6, 6.07) is 4.16. The molecule has 2 amide bonds. The number of nitrogens with zero attached hydrogens (tertiary/aromatic N) is 3. The Morgan fingerprint density at radius 1 is 1.18 bits per heavy atom. The van der Waals surface area contributed by atoms with Crippen molar-refractivity contribution in [2.45, 2.75) is 33.7 Å². The second-order valence-corrected chi connectivity index (χ2v) is 5.54. The third kappa shape index (κ3) is 4.07. The molecule has 0 aliphatic carbocycles. The lowest BCUT2D eigenvalue weighted by Crippen LogP contribution is -2.36. The maximum Gasteiger partial charge on any atom is 0.315 e. The van der Waals surface area contributed by atoms with Crippen LogP contribution in [0.15, 0.2) is 18.5 Å². The molecule has 6 heteroatoms. The molecular formula is C16H23N5O. The van der Waals surface area contributed by atoms with E-state index < -0.39 is 0 Å². The van der Waals surface area contributed by atoms with E-state index in [4.69, 9.17) is 0 Å². The zero-order chi connectivity index (χ0) is 16.1. The summed E-state index contributed by atoms with van der Waals surface area (Å²) < 4.78 is 1.64. The highest BCUT2D eigenvalue weighted by Gasteiger charge is 2.06. The first-order valence-corrected chi connectivity index (χ1v) is 7.38. The highest BCUT2D eigenvalue weighted by molar-refractivity contribution is 5.73. The zero-order valence-electron chi connectivity index (χ0n) is 13.6. The van der Waals surface area contributed by atoms with E-state index in [0.717, 1.165) is 12.2 Å². The maximum absolute atomic E-state index is 11.8. The van der Waals surface area contributed by atoms with Crippen LogP contribution in [0.25, 0.3) is 0 Å². The summed E-state index contributed by atoms with van der Waals surface area (Å²) in [6.45, 7) is 7.30. The second-order valence-electron chi connectivity index (χ2n) is 5.54. The number of carbonyl (C=O) groups is 1. The van der Waals surface area contributed by atoms with Crippen molar-refractivity contribution in [3.8, 4) is 0 Å². The Kier molecular flexibility index (Phi) is 5.14. The Labute approximate surface area is 130 Å². The molecule has 0 aliphatic rings. The summed E-state index contributed by atoms with van der Waals surface area (Å²) in [6.07, 6.45) is 2.30. The number of urea groups is 1. The summed E-state index contributed by atoms with van der Waals surface area (Å²) in [5.74, 6) is 0.723. The van der Waals surface area contributed by atoms with Crippen LogP contribution in [0, 0.1) is 20.8 Å². The third-order valence-corrected chi connectivity index (χ3v) is 3.71. The molecule has 1 aromatic carbocycles. The molecule has 1 aromatic heterocycles. The van der Waals surface area contributed by atoms with Gasteiger partial charge in [0.15, 0.2) is 0 Å². The molecule has 2 rings (SSSR count). The number of hydrogen-bond donors (Lipinski definition) is 2. The topological polar surface area (TPSA) is 71.8 Å². The summed E-state index contributed by atoms with van der Waals surface area (Å²) >= 11 is 0. The van der Waals surface area contributed by atoms with Gasteiger partial charge in [0.25, 0.3) is 0 Å². The number of hydrogen-bond acceptors (Lipinski definition) is 3. The fraction of sp³-hybridized carbons (Fsp3) is 0.438. The van der Waals surface area contributed by atoms with Gasteiger partial charge >= 0.3 is 6.03 Å². The molecule has 0 saturated carbocycles. The van der Waals surface area contributed by atoms with Crippen LogP contribution in [-0.2, 0) is 20.0 Å². The largest absolute Gasteiger partial charge is 0.338 e. The molecule has 0 bridgehead atoms. The van der Waals surface area contributed by atoms with Gasteiger partial charge in [-0.3, -0.25) is 4.68 Å². The fourth-order valence-electron chi connectivity index (χ4n) is 2.61. The highest BCUT2D eigenvalue weighted by atomic mass is 16.2. The van der Waals surface area contributed by atoms with Gasteiger partial charge in [0, 0.05) is 13.6 Å². The minimum absolute atomic E-state index is 0.189. The molecule has 0 radical (unpaired) electrons. The van der Waals surface area contributed by atoms with E-state index in [2.05, 4.69) is 53.6 Å². The minimum atomic E-state index is -0.189. The van der Waals surface area contributed by atoms with E-state index in [-0.39, 0.29) is 6.03 Å². The molecule has 0 fully saturated rings. The molecule has 2 N–H and O–H groups in total. The predicted octanol–water partition coefficient (Wildman–Crippen LogP) is 1.78. The number of nitrogens with one attached hydrogen (secondary N) is 2. The van der Waals surface area contributed by atoms with E-state index in [1.54, 1.807) is 11.7 Å². The average molecular weight is 301 g/mol. The molecule has 0 spiro atoms. The summed E-state index contributed by atoms with van der Waals surface area (Å²) in [5, 5.41) is 9.61. The lowest BCUT2D eigenvalue weighted by atomic mass is 9.97. The van der Waals surface area contributed by atoms with Crippen LogP contribution < -0.4 is 10.6 Å². The Hall–Kier alpha value is -2.37. The predicted molar refractivity (Wildman–Crippen MR) is 85.6 cm³/mol. The number of rotatable bonds is 5. The van der Waals surface area contributed by atoms with Gasteiger partial charge in [-0.1, -0.05) is 17.7 Å². The summed E-state index contributed by atoms with van der Waals surface area (Å²) in [5.41, 5.74) is 5.13. The Morgan fingerprint density at radius 3 is 2.45 bits per heavy atom. The van der Waals surface area contributed by atoms with Gasteiger partial charge in [0.05, 0.1) is 6.54 Å². The van der Waals surface area contributed by atoms with Gasteiger partial charge in [-0.25, -0.2) is 9.78 Å². The molecule has 22 heavy (non-hydrogen) atoms. The van der Waals surface area contributed by atoms with Gasteiger partial charge in [-0.05, 0) is 43.9 Å². The first kappa shape index (κ1) is 16.0. The lowest BCUT2D eigenvalue weighted by molar-refractivity contribution is 0.240. The first-order valence-electron chi connectivity index (χ1n) is 7.38. The maximum atomic E-state index is 11.8. The SMILES string of the molecule is Cc1cc(C)c(CCNC(=O)NCc2ncnn2C)c(C)c1. The van der Waals surface area contributed by atoms with Crippen molar-refractivity contribution in [2.24, 2.45) is 7.05 Å². The van der Waals surface area contributed by atoms with Gasteiger partial charge in [-0.15, -0.1) is 0 Å². The Balaban J connectivity index is 1.79. The lowest BCUT2D eigenvalue weighted by Gasteiger charge is -2.12. The van der Waals surface area contributed by atoms with Gasteiger partial charge in [0.1, 0.15) is 12.2 Å². The van der Waals surface area contributed by atoms with Crippen molar-refractivity contribution >= 4 is 6.03 Å². The van der Waals surface area contributed by atoms with Crippen LogP contribution >= 0.6 is 0 Å². The van der Waals surface area contributed by atoms with Crippen molar-refractivity contribution in [3.63, 3.8) is 0 Å². The van der Waals surface area contributed by atoms with Crippen molar-refractivity contribution in [1.29, 1.82) is 0 Å². The Bertz CT molecular complexity index is 639. The number of benzene rings is 1. The molecule has 1 heterocycles. The van der Waals surface area contributed by atoms with Crippen LogP contribution in [0.3, 0.4) is 0 Å². The minimum Gasteiger partial charge on any atom is -0.338 e. The van der Waals surface area contributed by atoms with Crippen molar-refractivity contribution < 1.29 is 4.79 Å². The molecule has 2 aromatic rings. The van der Waals surface area contributed by atoms with Gasteiger partial charge in [0.2, 0.25) is 0 Å². The number of aryl methyl sites for hydroxylation is 4. The van der Waals surface area contributed by atoms with Crippen LogP contribution in [0.5, 0.6) is 0 Å². The third-order valence-electron chi connectivity index (χ3n) is 3.71. The number of carbonyl (C=O) groups excluding carboxylic acids is 1. The molecule has 0 unspecified atom stereocenters. The second kappa shape index (κ2) is 7.06. The van der Waals surface area contributed by atoms with Crippen LogP contribution in [-0.4, -0.2) is 27.3 Å². The molecule has 118 valence electrons. The van der Waals surface area contributed by atoms with Crippen molar-refractivity contribution in [3.05, 3.63) is 46.5 Å². The first-order chi connectivity index (χ1) is 10.5. The molecule has 0 saturated heterocycles. The van der Waals surface area contributed by atoms with Crippen molar-refractivity contribution in [1.82, 2.24) is 25.4 Å². The van der Waals surface area contributed by atoms with E-state index in [1.165, 1.54) is 28.6 Å². The Morgan fingerprint density at radius 2 is 1.86 bits per heavy atom. The smallest absolute Gasteiger partial charge is 0.315 e. The van der Waals surface area contributed by atoms with Gasteiger partial charge < -0.3 is 10.6 Å². The molecule has 0 aliphatic heterocycles. The van der Waals surface area contributed by atoms with Crippen LogP contribution in [0.2, 0.25) is 0 Å². The van der Waals surface area contributed by atoms with E-state index >= 15 is 0 Å². The van der Waals surface area contributed by atoms with E-state index in [9.17, 15) is 4.79 Å². The standard InChI is InChI=1S/C16H23N5O/c1-11-7-12(2)14(13(3)8-11)5-6-17-16(22)18-9-15-19-10-20-21(15)4/h7-8,10H,5-6,9H2,1-4H3,(H2,17,18,22). The number of amides is 2. The molecule has 0 atom stereocenters. The average Bonchev–Trinajstić information content (AvgIpc) is 2.85. The molecule has 6 nitrogen and oxygen atoms in total. The molecular weight excluding hydrogens is 278 g/mol.